The van der Waals surface area contributed by atoms with Gasteiger partial charge in [0.2, 0.25) is 5.91 Å². The molecule has 0 bridgehead atoms. The molecule has 1 aliphatic heterocycles. The zero-order valence-corrected chi connectivity index (χ0v) is 15.0. The van der Waals surface area contributed by atoms with Gasteiger partial charge in [0.05, 0.1) is 6.10 Å². The highest BCUT2D eigenvalue weighted by atomic mass is 35.5. The highest BCUT2D eigenvalue weighted by Gasteiger charge is 2.28. The summed E-state index contributed by atoms with van der Waals surface area (Å²) >= 11 is 5.87. The molecular formula is C17H26Cl2N2O2. The molecule has 1 saturated heterocycles. The third-order valence-corrected chi connectivity index (χ3v) is 4.62. The van der Waals surface area contributed by atoms with E-state index in [1.54, 1.807) is 12.1 Å². The molecule has 0 aromatic heterocycles. The van der Waals surface area contributed by atoms with Crippen LogP contribution in [0.2, 0.25) is 5.02 Å². The summed E-state index contributed by atoms with van der Waals surface area (Å²) in [4.78, 5) is 14.0. The smallest absolute Gasteiger partial charge is 0.222 e. The Morgan fingerprint density at radius 3 is 2.43 bits per heavy atom. The van der Waals surface area contributed by atoms with E-state index in [9.17, 15) is 9.90 Å². The van der Waals surface area contributed by atoms with E-state index in [4.69, 9.17) is 17.3 Å². The van der Waals surface area contributed by atoms with Gasteiger partial charge in [-0.2, -0.15) is 0 Å². The van der Waals surface area contributed by atoms with Gasteiger partial charge in [-0.3, -0.25) is 4.79 Å². The number of halogens is 2. The maximum Gasteiger partial charge on any atom is 0.222 e. The molecule has 1 amide bonds. The second kappa shape index (κ2) is 9.48. The number of carbonyl (C=O) groups excluding carboxylic acids is 1. The summed E-state index contributed by atoms with van der Waals surface area (Å²) in [5.41, 5.74) is 6.59. The predicted molar refractivity (Wildman–Crippen MR) is 95.8 cm³/mol. The zero-order valence-electron chi connectivity index (χ0n) is 13.5. The molecule has 1 aromatic rings. The van der Waals surface area contributed by atoms with Crippen LogP contribution in [0.3, 0.4) is 0 Å². The molecule has 0 radical (unpaired) electrons. The fraction of sp³-hybridized carbons (Fsp3) is 0.588. The quantitative estimate of drug-likeness (QED) is 0.847. The highest BCUT2D eigenvalue weighted by molar-refractivity contribution is 6.30. The van der Waals surface area contributed by atoms with Gasteiger partial charge in [0.15, 0.2) is 0 Å². The number of hydrogen-bond donors (Lipinski definition) is 2. The minimum atomic E-state index is -0.487. The summed E-state index contributed by atoms with van der Waals surface area (Å²) in [6, 6.07) is 7.40. The molecule has 130 valence electrons. The largest absolute Gasteiger partial charge is 0.388 e. The summed E-state index contributed by atoms with van der Waals surface area (Å²) in [6.07, 6.45) is 2.41. The average Bonchev–Trinajstić information content (AvgIpc) is 2.53. The fourth-order valence-corrected chi connectivity index (χ4v) is 3.03. The molecular weight excluding hydrogens is 335 g/mol. The first kappa shape index (κ1) is 20.2. The van der Waals surface area contributed by atoms with Crippen LogP contribution in [0.1, 0.15) is 44.3 Å². The highest BCUT2D eigenvalue weighted by Crippen LogP contribution is 2.31. The Kier molecular flexibility index (Phi) is 8.34. The number of piperidine rings is 1. The molecule has 0 spiro atoms. The molecule has 1 aromatic carbocycles. The molecule has 4 nitrogen and oxygen atoms in total. The number of rotatable bonds is 5. The van der Waals surface area contributed by atoms with E-state index in [-0.39, 0.29) is 30.3 Å². The molecule has 0 aliphatic carbocycles. The molecule has 1 heterocycles. The number of benzene rings is 1. The number of aliphatic hydroxyl groups excluding tert-OH is 1. The second-order valence-corrected chi connectivity index (χ2v) is 6.67. The first-order valence-electron chi connectivity index (χ1n) is 7.94. The van der Waals surface area contributed by atoms with Crippen LogP contribution in [-0.2, 0) is 4.79 Å². The van der Waals surface area contributed by atoms with Crippen molar-refractivity contribution in [2.45, 2.75) is 44.8 Å². The third-order valence-electron chi connectivity index (χ3n) is 4.36. The number of hydrogen-bond acceptors (Lipinski definition) is 3. The van der Waals surface area contributed by atoms with Crippen molar-refractivity contribution in [1.29, 1.82) is 0 Å². The summed E-state index contributed by atoms with van der Waals surface area (Å²) in [6.45, 7) is 3.35. The maximum absolute atomic E-state index is 12.1. The van der Waals surface area contributed by atoms with E-state index < -0.39 is 6.10 Å². The lowest BCUT2D eigenvalue weighted by Gasteiger charge is -2.34. The number of carbonyl (C=O) groups is 1. The number of nitrogens with two attached hydrogens (primary N) is 1. The molecule has 2 unspecified atom stereocenters. The Balaban J connectivity index is 0.00000264. The van der Waals surface area contributed by atoms with Crippen molar-refractivity contribution in [1.82, 2.24) is 4.90 Å². The average molecular weight is 361 g/mol. The van der Waals surface area contributed by atoms with Gasteiger partial charge in [-0.25, -0.2) is 0 Å². The molecule has 2 rings (SSSR count). The van der Waals surface area contributed by atoms with E-state index in [0.29, 0.717) is 24.5 Å². The summed E-state index contributed by atoms with van der Waals surface area (Å²) in [5, 5.41) is 11.1. The van der Waals surface area contributed by atoms with Crippen molar-refractivity contribution in [2.24, 2.45) is 11.7 Å². The SMILES string of the molecule is CC(N)CCC(=O)N1CCC(C(O)c2ccc(Cl)cc2)CC1.Cl. The number of nitrogens with zero attached hydrogens (tertiary/aromatic N) is 1. The van der Waals surface area contributed by atoms with Gasteiger partial charge in [-0.1, -0.05) is 23.7 Å². The van der Waals surface area contributed by atoms with Gasteiger partial charge in [-0.15, -0.1) is 12.4 Å². The lowest BCUT2D eigenvalue weighted by molar-refractivity contribution is -0.133. The van der Waals surface area contributed by atoms with Crippen molar-refractivity contribution < 1.29 is 9.90 Å². The number of aliphatic hydroxyl groups is 1. The van der Waals surface area contributed by atoms with Crippen LogP contribution in [0.15, 0.2) is 24.3 Å². The van der Waals surface area contributed by atoms with Crippen molar-refractivity contribution in [3.63, 3.8) is 0 Å². The first-order chi connectivity index (χ1) is 10.5. The fourth-order valence-electron chi connectivity index (χ4n) is 2.91. The van der Waals surface area contributed by atoms with Crippen molar-refractivity contribution in [3.05, 3.63) is 34.9 Å². The summed E-state index contributed by atoms with van der Waals surface area (Å²) in [5.74, 6) is 0.371. The van der Waals surface area contributed by atoms with Crippen molar-refractivity contribution in [2.75, 3.05) is 13.1 Å². The van der Waals surface area contributed by atoms with Crippen LogP contribution in [0.4, 0.5) is 0 Å². The monoisotopic (exact) mass is 360 g/mol. The molecule has 1 fully saturated rings. The molecule has 0 saturated carbocycles. The molecule has 1 aliphatic rings. The Labute approximate surface area is 149 Å². The third kappa shape index (κ3) is 5.96. The van der Waals surface area contributed by atoms with Crippen LogP contribution >= 0.6 is 24.0 Å². The van der Waals surface area contributed by atoms with Gasteiger partial charge < -0.3 is 15.7 Å². The van der Waals surface area contributed by atoms with Gasteiger partial charge in [0.1, 0.15) is 0 Å². The Bertz CT molecular complexity index is 486. The normalized spacial score (nSPS) is 18.2. The van der Waals surface area contributed by atoms with E-state index in [1.807, 2.05) is 24.0 Å². The minimum Gasteiger partial charge on any atom is -0.388 e. The molecule has 2 atom stereocenters. The van der Waals surface area contributed by atoms with Crippen LogP contribution in [-0.4, -0.2) is 35.0 Å². The Hall–Kier alpha value is -0.810. The standard InChI is InChI=1S/C17H25ClN2O2.ClH/c1-12(19)2-7-16(21)20-10-8-14(9-11-20)17(22)13-3-5-15(18)6-4-13;/h3-6,12,14,17,22H,2,7-11,19H2,1H3;1H. The zero-order chi connectivity index (χ0) is 16.1. The Morgan fingerprint density at radius 2 is 1.91 bits per heavy atom. The topological polar surface area (TPSA) is 66.6 Å². The van der Waals surface area contributed by atoms with Gasteiger partial charge in [0, 0.05) is 30.6 Å². The van der Waals surface area contributed by atoms with E-state index in [1.165, 1.54) is 0 Å². The van der Waals surface area contributed by atoms with Gasteiger partial charge in [0.25, 0.3) is 0 Å². The second-order valence-electron chi connectivity index (χ2n) is 6.23. The van der Waals surface area contributed by atoms with Crippen LogP contribution in [0, 0.1) is 5.92 Å². The van der Waals surface area contributed by atoms with E-state index in [2.05, 4.69) is 0 Å². The number of amides is 1. The maximum atomic E-state index is 12.1. The van der Waals surface area contributed by atoms with Crippen LogP contribution in [0.25, 0.3) is 0 Å². The van der Waals surface area contributed by atoms with Crippen molar-refractivity contribution in [3.8, 4) is 0 Å². The number of likely N-dealkylation sites (tertiary alicyclic amines) is 1. The lowest BCUT2D eigenvalue weighted by Crippen LogP contribution is -2.40. The Morgan fingerprint density at radius 1 is 1.35 bits per heavy atom. The van der Waals surface area contributed by atoms with Crippen LogP contribution in [0.5, 0.6) is 0 Å². The first-order valence-corrected chi connectivity index (χ1v) is 8.32. The summed E-state index contributed by atoms with van der Waals surface area (Å²) in [7, 11) is 0. The van der Waals surface area contributed by atoms with Crippen molar-refractivity contribution >= 4 is 29.9 Å². The van der Waals surface area contributed by atoms with Gasteiger partial charge >= 0.3 is 0 Å². The van der Waals surface area contributed by atoms with Gasteiger partial charge in [-0.05, 0) is 49.8 Å². The van der Waals surface area contributed by atoms with E-state index in [0.717, 1.165) is 24.8 Å². The van der Waals surface area contributed by atoms with E-state index >= 15 is 0 Å². The lowest BCUT2D eigenvalue weighted by atomic mass is 9.87. The molecule has 6 heteroatoms. The minimum absolute atomic E-state index is 0. The predicted octanol–water partition coefficient (Wildman–Crippen LogP) is 3.16. The van der Waals surface area contributed by atoms with Crippen LogP contribution < -0.4 is 5.73 Å². The molecule has 23 heavy (non-hydrogen) atoms. The molecule has 3 N–H and O–H groups in total. The summed E-state index contributed by atoms with van der Waals surface area (Å²) < 4.78 is 0.